The standard InChI is InChI=1S/C18H27N3O2/c1-23-11-3-2-9-18(22,15-7-5-10-19-13-15)16-8-4-6-14-12-20-21-17(14)16/h4,6,8,12,15,19,22H,2-3,5,7,9-11,13H2,1H3,(H,20,21)/t15?,18-/m0/s1. The molecule has 0 radical (unpaired) electrons. The zero-order valence-corrected chi connectivity index (χ0v) is 13.8. The molecule has 1 aromatic heterocycles. The van der Waals surface area contributed by atoms with Crippen molar-refractivity contribution < 1.29 is 9.84 Å². The van der Waals surface area contributed by atoms with Crippen molar-refractivity contribution in [1.82, 2.24) is 15.5 Å². The van der Waals surface area contributed by atoms with Gasteiger partial charge in [0, 0.05) is 37.1 Å². The first-order valence-electron chi connectivity index (χ1n) is 8.60. The molecule has 2 aromatic rings. The summed E-state index contributed by atoms with van der Waals surface area (Å²) in [6.07, 6.45) is 6.66. The highest BCUT2D eigenvalue weighted by molar-refractivity contribution is 5.82. The van der Waals surface area contributed by atoms with Gasteiger partial charge in [-0.15, -0.1) is 0 Å². The number of nitrogens with one attached hydrogen (secondary N) is 2. The smallest absolute Gasteiger partial charge is 0.0957 e. The van der Waals surface area contributed by atoms with Gasteiger partial charge in [0.1, 0.15) is 0 Å². The second-order valence-corrected chi connectivity index (χ2v) is 6.56. The van der Waals surface area contributed by atoms with E-state index in [2.05, 4.69) is 15.5 Å². The predicted octanol–water partition coefficient (Wildman–Crippen LogP) is 2.57. The minimum absolute atomic E-state index is 0.229. The van der Waals surface area contributed by atoms with E-state index in [0.717, 1.165) is 68.3 Å². The lowest BCUT2D eigenvalue weighted by Gasteiger charge is -2.39. The predicted molar refractivity (Wildman–Crippen MR) is 91.3 cm³/mol. The molecule has 5 nitrogen and oxygen atoms in total. The van der Waals surface area contributed by atoms with E-state index < -0.39 is 5.60 Å². The average Bonchev–Trinajstić information content (AvgIpc) is 3.08. The fourth-order valence-corrected chi connectivity index (χ4v) is 3.79. The molecule has 1 fully saturated rings. The summed E-state index contributed by atoms with van der Waals surface area (Å²) in [5.74, 6) is 0.229. The van der Waals surface area contributed by atoms with E-state index in [1.807, 2.05) is 24.4 Å². The van der Waals surface area contributed by atoms with Crippen LogP contribution in [0.25, 0.3) is 10.9 Å². The Labute approximate surface area is 137 Å². The van der Waals surface area contributed by atoms with E-state index in [4.69, 9.17) is 4.74 Å². The highest BCUT2D eigenvalue weighted by atomic mass is 16.5. The fourth-order valence-electron chi connectivity index (χ4n) is 3.79. The van der Waals surface area contributed by atoms with Gasteiger partial charge in [0.05, 0.1) is 17.3 Å². The molecule has 1 saturated heterocycles. The molecule has 0 saturated carbocycles. The number of ether oxygens (including phenoxy) is 1. The highest BCUT2D eigenvalue weighted by Gasteiger charge is 2.39. The Hall–Kier alpha value is -1.43. The van der Waals surface area contributed by atoms with Crippen molar-refractivity contribution >= 4 is 10.9 Å². The fraction of sp³-hybridized carbons (Fsp3) is 0.611. The van der Waals surface area contributed by atoms with E-state index in [1.165, 1.54) is 0 Å². The third kappa shape index (κ3) is 3.42. The number of unbranched alkanes of at least 4 members (excludes halogenated alkanes) is 1. The van der Waals surface area contributed by atoms with Crippen molar-refractivity contribution in [2.45, 2.75) is 37.7 Å². The molecule has 23 heavy (non-hydrogen) atoms. The van der Waals surface area contributed by atoms with Crippen molar-refractivity contribution in [3.8, 4) is 0 Å². The lowest BCUT2D eigenvalue weighted by atomic mass is 9.74. The van der Waals surface area contributed by atoms with Gasteiger partial charge in [-0.3, -0.25) is 5.10 Å². The van der Waals surface area contributed by atoms with Crippen LogP contribution in [0.1, 0.15) is 37.7 Å². The number of nitrogens with zero attached hydrogens (tertiary/aromatic N) is 1. The lowest BCUT2D eigenvalue weighted by Crippen LogP contribution is -2.44. The van der Waals surface area contributed by atoms with Crippen LogP contribution in [0.3, 0.4) is 0 Å². The number of hydrogen-bond donors (Lipinski definition) is 3. The maximum absolute atomic E-state index is 11.7. The van der Waals surface area contributed by atoms with Crippen molar-refractivity contribution in [1.29, 1.82) is 0 Å². The summed E-state index contributed by atoms with van der Waals surface area (Å²) in [4.78, 5) is 0. The van der Waals surface area contributed by atoms with Gasteiger partial charge in [-0.25, -0.2) is 0 Å². The summed E-state index contributed by atoms with van der Waals surface area (Å²) >= 11 is 0. The molecule has 2 atom stereocenters. The number of piperidine rings is 1. The third-order valence-electron chi connectivity index (χ3n) is 5.07. The minimum atomic E-state index is -0.826. The maximum Gasteiger partial charge on any atom is 0.0957 e. The number of fused-ring (bicyclic) bond motifs is 1. The van der Waals surface area contributed by atoms with Crippen LogP contribution in [-0.2, 0) is 10.3 Å². The summed E-state index contributed by atoms with van der Waals surface area (Å²) in [5.41, 5.74) is 1.12. The molecule has 3 N–H and O–H groups in total. The zero-order valence-electron chi connectivity index (χ0n) is 13.8. The van der Waals surface area contributed by atoms with Crippen LogP contribution in [0, 0.1) is 5.92 Å². The summed E-state index contributed by atoms with van der Waals surface area (Å²) in [6.45, 7) is 2.66. The second kappa shape index (κ2) is 7.43. The molecule has 1 aliphatic rings. The molecule has 0 spiro atoms. The van der Waals surface area contributed by atoms with Gasteiger partial charge in [-0.05, 0) is 38.6 Å². The number of aliphatic hydroxyl groups is 1. The minimum Gasteiger partial charge on any atom is -0.385 e. The zero-order chi connectivity index (χ0) is 16.1. The highest BCUT2D eigenvalue weighted by Crippen LogP contribution is 2.40. The van der Waals surface area contributed by atoms with Crippen molar-refractivity contribution in [2.75, 3.05) is 26.8 Å². The van der Waals surface area contributed by atoms with Gasteiger partial charge >= 0.3 is 0 Å². The number of benzene rings is 1. The Kier molecular flexibility index (Phi) is 5.30. The van der Waals surface area contributed by atoms with Crippen LogP contribution in [0.5, 0.6) is 0 Å². The number of rotatable bonds is 7. The number of methoxy groups -OCH3 is 1. The van der Waals surface area contributed by atoms with Gasteiger partial charge in [0.15, 0.2) is 0 Å². The van der Waals surface area contributed by atoms with Gasteiger partial charge < -0.3 is 15.2 Å². The summed E-state index contributed by atoms with van der Waals surface area (Å²) in [6, 6.07) is 6.10. The Balaban J connectivity index is 1.91. The molecular weight excluding hydrogens is 290 g/mol. The molecule has 0 amide bonds. The monoisotopic (exact) mass is 317 g/mol. The van der Waals surface area contributed by atoms with E-state index >= 15 is 0 Å². The van der Waals surface area contributed by atoms with Crippen LogP contribution in [0.15, 0.2) is 24.4 Å². The number of aromatic amines is 1. The number of aromatic nitrogens is 2. The largest absolute Gasteiger partial charge is 0.385 e. The van der Waals surface area contributed by atoms with Crippen molar-refractivity contribution in [2.24, 2.45) is 5.92 Å². The second-order valence-electron chi connectivity index (χ2n) is 6.56. The third-order valence-corrected chi connectivity index (χ3v) is 5.07. The first-order valence-corrected chi connectivity index (χ1v) is 8.60. The summed E-state index contributed by atoms with van der Waals surface area (Å²) < 4.78 is 5.16. The molecule has 0 aliphatic carbocycles. The van der Waals surface area contributed by atoms with Crippen molar-refractivity contribution in [3.63, 3.8) is 0 Å². The van der Waals surface area contributed by atoms with Crippen molar-refractivity contribution in [3.05, 3.63) is 30.0 Å². The average molecular weight is 317 g/mol. The van der Waals surface area contributed by atoms with E-state index in [-0.39, 0.29) is 5.92 Å². The van der Waals surface area contributed by atoms with E-state index in [1.54, 1.807) is 7.11 Å². The number of H-pyrrole nitrogens is 1. The van der Waals surface area contributed by atoms with Crippen LogP contribution >= 0.6 is 0 Å². The summed E-state index contributed by atoms with van der Waals surface area (Å²) in [7, 11) is 1.72. The molecule has 1 aliphatic heterocycles. The molecule has 126 valence electrons. The van der Waals surface area contributed by atoms with E-state index in [0.29, 0.717) is 0 Å². The molecule has 3 rings (SSSR count). The topological polar surface area (TPSA) is 70.2 Å². The molecule has 1 aromatic carbocycles. The molecule has 2 heterocycles. The molecule has 0 bridgehead atoms. The van der Waals surface area contributed by atoms with Crippen LogP contribution in [0.2, 0.25) is 0 Å². The Morgan fingerprint density at radius 1 is 1.39 bits per heavy atom. The SMILES string of the molecule is COCCCC[C@@](O)(c1cccc2cn[nH]c12)C1CCCNC1. The Bertz CT molecular complexity index is 622. The first-order chi connectivity index (χ1) is 11.3. The Morgan fingerprint density at radius 2 is 2.30 bits per heavy atom. The first kappa shape index (κ1) is 16.4. The van der Waals surface area contributed by atoms with Gasteiger partial charge in [-0.1, -0.05) is 18.2 Å². The van der Waals surface area contributed by atoms with Gasteiger partial charge in [-0.2, -0.15) is 5.10 Å². The van der Waals surface area contributed by atoms with Gasteiger partial charge in [0.25, 0.3) is 0 Å². The quantitative estimate of drug-likeness (QED) is 0.687. The van der Waals surface area contributed by atoms with Gasteiger partial charge in [0.2, 0.25) is 0 Å². The maximum atomic E-state index is 11.7. The number of hydrogen-bond acceptors (Lipinski definition) is 4. The molecule has 1 unspecified atom stereocenters. The van der Waals surface area contributed by atoms with Crippen LogP contribution in [-0.4, -0.2) is 42.1 Å². The van der Waals surface area contributed by atoms with E-state index in [9.17, 15) is 5.11 Å². The lowest BCUT2D eigenvalue weighted by molar-refractivity contribution is -0.0423. The normalized spacial score (nSPS) is 21.4. The molecule has 5 heteroatoms. The van der Waals surface area contributed by atoms with Crippen LogP contribution in [0.4, 0.5) is 0 Å². The summed E-state index contributed by atoms with van der Waals surface area (Å²) in [5, 5.41) is 23.4. The van der Waals surface area contributed by atoms with Crippen LogP contribution < -0.4 is 5.32 Å². The number of para-hydroxylation sites is 1. The Morgan fingerprint density at radius 3 is 3.09 bits per heavy atom. The molecular formula is C18H27N3O2.